The Morgan fingerprint density at radius 1 is 1.16 bits per heavy atom. The summed E-state index contributed by atoms with van der Waals surface area (Å²) in [6, 6.07) is 14.1. The second kappa shape index (κ2) is 6.91. The first-order chi connectivity index (χ1) is 12.1. The lowest BCUT2D eigenvalue weighted by Crippen LogP contribution is -2.38. The fourth-order valence-electron chi connectivity index (χ4n) is 2.25. The van der Waals surface area contributed by atoms with E-state index in [1.807, 2.05) is 6.07 Å². The molecule has 0 spiro atoms. The van der Waals surface area contributed by atoms with Gasteiger partial charge in [-0.05, 0) is 24.3 Å². The van der Waals surface area contributed by atoms with Crippen LogP contribution >= 0.6 is 0 Å². The fourth-order valence-corrected chi connectivity index (χ4v) is 2.25. The average Bonchev–Trinajstić information content (AvgIpc) is 2.90. The number of para-hydroxylation sites is 2. The van der Waals surface area contributed by atoms with Crippen molar-refractivity contribution in [3.8, 4) is 5.75 Å². The lowest BCUT2D eigenvalue weighted by Gasteiger charge is -2.11. The highest BCUT2D eigenvalue weighted by Crippen LogP contribution is 2.27. The Morgan fingerprint density at radius 3 is 2.52 bits per heavy atom. The monoisotopic (exact) mass is 337 g/mol. The summed E-state index contributed by atoms with van der Waals surface area (Å²) in [4.78, 5) is 24.0. The number of phenolic OH excluding ortho intramolecular Hbond substituents is 1. The molecule has 0 aromatic heterocycles. The van der Waals surface area contributed by atoms with E-state index in [0.717, 1.165) is 0 Å². The molecule has 3 rings (SSSR count). The first kappa shape index (κ1) is 16.3. The third-order valence-electron chi connectivity index (χ3n) is 3.38. The zero-order valence-corrected chi connectivity index (χ0v) is 13.3. The average molecular weight is 337 g/mol. The van der Waals surface area contributed by atoms with E-state index >= 15 is 0 Å². The zero-order chi connectivity index (χ0) is 17.8. The van der Waals surface area contributed by atoms with Crippen LogP contribution in [0.25, 0.3) is 0 Å². The van der Waals surface area contributed by atoms with Crippen LogP contribution in [0.4, 0.5) is 11.4 Å². The van der Waals surface area contributed by atoms with Crippen molar-refractivity contribution in [3.63, 3.8) is 0 Å². The number of nitrogens with one attached hydrogen (secondary N) is 1. The Kier molecular flexibility index (Phi) is 4.51. The Labute approximate surface area is 143 Å². The summed E-state index contributed by atoms with van der Waals surface area (Å²) >= 11 is 0. The van der Waals surface area contributed by atoms with Gasteiger partial charge in [0, 0.05) is 6.92 Å². The molecule has 8 nitrogen and oxygen atoms in total. The number of benzene rings is 2. The first-order valence-electron chi connectivity index (χ1n) is 7.50. The molecule has 1 atom stereocenters. The van der Waals surface area contributed by atoms with Gasteiger partial charge in [-0.15, -0.1) is 5.10 Å². The van der Waals surface area contributed by atoms with Crippen LogP contribution in [-0.4, -0.2) is 28.8 Å². The molecular weight excluding hydrogens is 322 g/mol. The highest BCUT2D eigenvalue weighted by molar-refractivity contribution is 6.21. The van der Waals surface area contributed by atoms with Gasteiger partial charge in [-0.1, -0.05) is 30.3 Å². The number of amidine groups is 1. The smallest absolute Gasteiger partial charge is 0.282 e. The summed E-state index contributed by atoms with van der Waals surface area (Å²) in [5.41, 5.74) is 0.770. The van der Waals surface area contributed by atoms with Crippen LogP contribution in [0.3, 0.4) is 0 Å². The van der Waals surface area contributed by atoms with E-state index < -0.39 is 11.9 Å². The number of hydrazone groups is 1. The number of nitrogens with zero attached hydrogens (tertiary/aromatic N) is 4. The normalized spacial score (nSPS) is 17.0. The minimum absolute atomic E-state index is 0.0605. The van der Waals surface area contributed by atoms with Gasteiger partial charge >= 0.3 is 0 Å². The molecule has 1 aliphatic heterocycles. The number of amides is 2. The Morgan fingerprint density at radius 2 is 1.84 bits per heavy atom. The molecule has 2 amide bonds. The van der Waals surface area contributed by atoms with Crippen LogP contribution in [0, 0.1) is 0 Å². The van der Waals surface area contributed by atoms with Gasteiger partial charge in [0.1, 0.15) is 11.4 Å². The van der Waals surface area contributed by atoms with Crippen LogP contribution in [0.15, 0.2) is 69.9 Å². The van der Waals surface area contributed by atoms with E-state index in [4.69, 9.17) is 0 Å². The molecule has 0 bridgehead atoms. The number of rotatable bonds is 3. The van der Waals surface area contributed by atoms with Crippen molar-refractivity contribution in [2.24, 2.45) is 15.3 Å². The number of aromatic hydroxyl groups is 1. The molecule has 2 N–H and O–H groups in total. The van der Waals surface area contributed by atoms with Gasteiger partial charge in [0.25, 0.3) is 5.91 Å². The van der Waals surface area contributed by atoms with Gasteiger partial charge < -0.3 is 10.4 Å². The van der Waals surface area contributed by atoms with Crippen LogP contribution in [-0.2, 0) is 9.59 Å². The second-order valence-corrected chi connectivity index (χ2v) is 5.26. The number of phenols is 1. The Hall–Kier alpha value is -3.55. The van der Waals surface area contributed by atoms with Gasteiger partial charge in [-0.25, -0.2) is 0 Å². The van der Waals surface area contributed by atoms with Crippen molar-refractivity contribution in [1.29, 1.82) is 0 Å². The maximum absolute atomic E-state index is 12.6. The summed E-state index contributed by atoms with van der Waals surface area (Å²) < 4.78 is 0. The van der Waals surface area contributed by atoms with Gasteiger partial charge in [0.15, 0.2) is 5.84 Å². The highest BCUT2D eigenvalue weighted by Gasteiger charge is 2.37. The van der Waals surface area contributed by atoms with E-state index in [2.05, 4.69) is 20.6 Å². The SMILES string of the molecule is CC(=O)NC1=NN(c2ccccc2)C(=O)[C@@H]1N=Nc1ccccc1O. The molecule has 1 heterocycles. The summed E-state index contributed by atoms with van der Waals surface area (Å²) in [5.74, 6) is -0.798. The molecule has 0 saturated carbocycles. The third-order valence-corrected chi connectivity index (χ3v) is 3.38. The Balaban J connectivity index is 1.91. The molecule has 0 fully saturated rings. The second-order valence-electron chi connectivity index (χ2n) is 5.26. The van der Waals surface area contributed by atoms with Crippen molar-refractivity contribution in [3.05, 3.63) is 54.6 Å². The number of hydrogen-bond donors (Lipinski definition) is 2. The molecule has 126 valence electrons. The van der Waals surface area contributed by atoms with E-state index in [9.17, 15) is 14.7 Å². The van der Waals surface area contributed by atoms with Crippen molar-refractivity contribution in [1.82, 2.24) is 5.32 Å². The van der Waals surface area contributed by atoms with E-state index in [1.54, 1.807) is 42.5 Å². The van der Waals surface area contributed by atoms with Crippen molar-refractivity contribution in [2.75, 3.05) is 5.01 Å². The van der Waals surface area contributed by atoms with Crippen molar-refractivity contribution in [2.45, 2.75) is 13.0 Å². The van der Waals surface area contributed by atoms with Crippen molar-refractivity contribution >= 4 is 29.0 Å². The summed E-state index contributed by atoms with van der Waals surface area (Å²) in [6.45, 7) is 1.31. The molecule has 1 aliphatic rings. The molecule has 8 heteroatoms. The van der Waals surface area contributed by atoms with Gasteiger partial charge in [-0.2, -0.15) is 15.2 Å². The quantitative estimate of drug-likeness (QED) is 0.839. The molecule has 2 aromatic rings. The van der Waals surface area contributed by atoms with Crippen LogP contribution in [0.2, 0.25) is 0 Å². The van der Waals surface area contributed by atoms with Gasteiger partial charge in [-0.3, -0.25) is 9.59 Å². The van der Waals surface area contributed by atoms with Crippen molar-refractivity contribution < 1.29 is 14.7 Å². The van der Waals surface area contributed by atoms with Gasteiger partial charge in [0.2, 0.25) is 11.9 Å². The molecule has 0 radical (unpaired) electrons. The number of carbonyl (C=O) groups is 2. The maximum Gasteiger partial charge on any atom is 0.282 e. The number of azo groups is 1. The predicted molar refractivity (Wildman–Crippen MR) is 91.6 cm³/mol. The van der Waals surface area contributed by atoms with E-state index in [-0.39, 0.29) is 23.2 Å². The number of hydrogen-bond acceptors (Lipinski definition) is 6. The predicted octanol–water partition coefficient (Wildman–Crippen LogP) is 2.34. The Bertz CT molecular complexity index is 864. The third kappa shape index (κ3) is 3.52. The van der Waals surface area contributed by atoms with Gasteiger partial charge in [0.05, 0.1) is 5.69 Å². The molecule has 0 unspecified atom stereocenters. The molecule has 0 saturated heterocycles. The largest absolute Gasteiger partial charge is 0.506 e. The standard InChI is InChI=1S/C17H15N5O3/c1-11(23)18-16-15(20-19-13-9-5-6-10-14(13)24)17(25)22(21-16)12-7-3-2-4-8-12/h2-10,15,24H,1H3,(H,18,21,23)/t15-/m1/s1. The van der Waals surface area contributed by atoms with E-state index in [0.29, 0.717) is 5.69 Å². The molecule has 25 heavy (non-hydrogen) atoms. The summed E-state index contributed by atoms with van der Waals surface area (Å²) in [6.07, 6.45) is 0. The summed E-state index contributed by atoms with van der Waals surface area (Å²) in [5, 5.41) is 25.5. The van der Waals surface area contributed by atoms with Crippen LogP contribution in [0.5, 0.6) is 5.75 Å². The number of carbonyl (C=O) groups excluding carboxylic acids is 2. The van der Waals surface area contributed by atoms with E-state index in [1.165, 1.54) is 18.0 Å². The topological polar surface area (TPSA) is 107 Å². The van der Waals surface area contributed by atoms with Crippen LogP contribution < -0.4 is 10.3 Å². The maximum atomic E-state index is 12.6. The molecule has 0 aliphatic carbocycles. The molecular formula is C17H15N5O3. The first-order valence-corrected chi connectivity index (χ1v) is 7.50. The zero-order valence-electron chi connectivity index (χ0n) is 13.3. The fraction of sp³-hybridized carbons (Fsp3) is 0.118. The highest BCUT2D eigenvalue weighted by atomic mass is 16.3. The minimum atomic E-state index is -1.09. The lowest BCUT2D eigenvalue weighted by atomic mass is 10.2. The minimum Gasteiger partial charge on any atom is -0.506 e. The lowest BCUT2D eigenvalue weighted by molar-refractivity contribution is -0.117. The summed E-state index contributed by atoms with van der Waals surface area (Å²) in [7, 11) is 0. The van der Waals surface area contributed by atoms with Crippen LogP contribution in [0.1, 0.15) is 6.92 Å². The molecule has 2 aromatic carbocycles. The number of anilines is 1.